The van der Waals surface area contributed by atoms with Crippen LogP contribution < -0.4 is 4.74 Å². The second-order valence-corrected chi connectivity index (χ2v) is 7.51. The van der Waals surface area contributed by atoms with Gasteiger partial charge in [0.05, 0.1) is 7.11 Å². The van der Waals surface area contributed by atoms with Gasteiger partial charge in [-0.15, -0.1) is 0 Å². The predicted molar refractivity (Wildman–Crippen MR) is 85.9 cm³/mol. The molecule has 1 aromatic rings. The molecule has 2 heteroatoms. The first-order chi connectivity index (χ1) is 10.2. The summed E-state index contributed by atoms with van der Waals surface area (Å²) < 4.78 is 5.54. The highest BCUT2D eigenvalue weighted by Gasteiger charge is 2.50. The van der Waals surface area contributed by atoms with E-state index in [-0.39, 0.29) is 0 Å². The maximum absolute atomic E-state index is 5.54. The molecule has 0 unspecified atom stereocenters. The molecule has 1 aliphatic heterocycles. The summed E-state index contributed by atoms with van der Waals surface area (Å²) in [4.78, 5) is 2.58. The Labute approximate surface area is 128 Å². The number of rotatable bonds is 1. The second-order valence-electron chi connectivity index (χ2n) is 7.51. The molecule has 1 saturated heterocycles. The zero-order valence-electron chi connectivity index (χ0n) is 13.4. The lowest BCUT2D eigenvalue weighted by molar-refractivity contribution is 0.110. The number of likely N-dealkylation sites (tertiary alicyclic amines) is 1. The molecule has 1 heterocycles. The molecule has 0 radical (unpaired) electrons. The summed E-state index contributed by atoms with van der Waals surface area (Å²) in [7, 11) is 4.11. The van der Waals surface area contributed by atoms with E-state index in [0.29, 0.717) is 5.41 Å². The Morgan fingerprint density at radius 2 is 2.14 bits per heavy atom. The van der Waals surface area contributed by atoms with Gasteiger partial charge in [0, 0.05) is 12.0 Å². The van der Waals surface area contributed by atoms with Crippen LogP contribution in [0.3, 0.4) is 0 Å². The van der Waals surface area contributed by atoms with Crippen LogP contribution in [0.2, 0.25) is 0 Å². The number of ether oxygens (including phenoxy) is 1. The largest absolute Gasteiger partial charge is 0.497 e. The summed E-state index contributed by atoms with van der Waals surface area (Å²) in [5, 5.41) is 0. The van der Waals surface area contributed by atoms with Crippen LogP contribution in [0.15, 0.2) is 18.2 Å². The van der Waals surface area contributed by atoms with E-state index in [1.807, 2.05) is 0 Å². The molecule has 2 bridgehead atoms. The highest BCUT2D eigenvalue weighted by Crippen LogP contribution is 2.55. The Hall–Kier alpha value is -1.02. The summed E-state index contributed by atoms with van der Waals surface area (Å²) in [6.07, 6.45) is 8.29. The average molecular weight is 285 g/mol. The zero-order valence-corrected chi connectivity index (χ0v) is 13.4. The summed E-state index contributed by atoms with van der Waals surface area (Å²) in [6.45, 7) is 2.54. The molecule has 0 aromatic heterocycles. The maximum Gasteiger partial charge on any atom is 0.119 e. The molecular formula is C19H27NO. The average Bonchev–Trinajstić information content (AvgIpc) is 2.63. The molecule has 21 heavy (non-hydrogen) atoms. The molecule has 0 N–H and O–H groups in total. The van der Waals surface area contributed by atoms with E-state index in [1.165, 1.54) is 51.6 Å². The van der Waals surface area contributed by atoms with Crippen molar-refractivity contribution in [2.45, 2.75) is 43.9 Å². The first-order valence-electron chi connectivity index (χ1n) is 8.59. The number of hydrogen-bond donors (Lipinski definition) is 0. The first kappa shape index (κ1) is 13.6. The minimum absolute atomic E-state index is 0.440. The van der Waals surface area contributed by atoms with E-state index in [2.05, 4.69) is 30.1 Å². The van der Waals surface area contributed by atoms with Crippen molar-refractivity contribution in [3.8, 4) is 5.75 Å². The van der Waals surface area contributed by atoms with Crippen molar-refractivity contribution in [3.63, 3.8) is 0 Å². The van der Waals surface area contributed by atoms with Crippen LogP contribution >= 0.6 is 0 Å². The van der Waals surface area contributed by atoms with Gasteiger partial charge >= 0.3 is 0 Å². The molecular weight excluding hydrogens is 258 g/mol. The third kappa shape index (κ3) is 2.03. The van der Waals surface area contributed by atoms with Gasteiger partial charge in [-0.3, -0.25) is 0 Å². The van der Waals surface area contributed by atoms with Gasteiger partial charge in [0.25, 0.3) is 0 Å². The van der Waals surface area contributed by atoms with Crippen LogP contribution in [-0.2, 0) is 11.8 Å². The SMILES string of the molecule is COc1ccc2c(c1)[C@@]13CCCC[C@@H]1[C@@H](C2)CN(C)CC3. The van der Waals surface area contributed by atoms with E-state index < -0.39 is 0 Å². The third-order valence-corrected chi connectivity index (χ3v) is 6.49. The van der Waals surface area contributed by atoms with Crippen molar-refractivity contribution in [2.75, 3.05) is 27.2 Å². The Morgan fingerprint density at radius 3 is 3.00 bits per heavy atom. The molecule has 3 atom stereocenters. The van der Waals surface area contributed by atoms with Crippen LogP contribution in [-0.4, -0.2) is 32.1 Å². The Kier molecular flexibility index (Phi) is 3.25. The summed E-state index contributed by atoms with van der Waals surface area (Å²) in [5.74, 6) is 2.80. The van der Waals surface area contributed by atoms with Gasteiger partial charge in [-0.1, -0.05) is 18.9 Å². The molecule has 0 amide bonds. The minimum atomic E-state index is 0.440. The van der Waals surface area contributed by atoms with Crippen molar-refractivity contribution in [1.29, 1.82) is 0 Å². The number of methoxy groups -OCH3 is 1. The van der Waals surface area contributed by atoms with Gasteiger partial charge in [0.2, 0.25) is 0 Å². The van der Waals surface area contributed by atoms with Crippen molar-refractivity contribution in [1.82, 2.24) is 4.90 Å². The van der Waals surface area contributed by atoms with E-state index in [9.17, 15) is 0 Å². The standard InChI is InChI=1S/C19H27NO/c1-20-10-9-19-8-4-3-5-17(19)15(13-20)11-14-6-7-16(21-2)12-18(14)19/h6-7,12,15,17H,3-5,8-11,13H2,1-2H3/t15-,17+,19+/m0/s1. The molecule has 2 aliphatic carbocycles. The van der Waals surface area contributed by atoms with Crippen molar-refractivity contribution in [3.05, 3.63) is 29.3 Å². The fraction of sp³-hybridized carbons (Fsp3) is 0.684. The quantitative estimate of drug-likeness (QED) is 0.781. The number of nitrogens with zero attached hydrogens (tertiary/aromatic N) is 1. The lowest BCUT2D eigenvalue weighted by Crippen LogP contribution is -2.46. The van der Waals surface area contributed by atoms with Gasteiger partial charge in [0.15, 0.2) is 0 Å². The number of fused-ring (bicyclic) bond motifs is 1. The van der Waals surface area contributed by atoms with Crippen LogP contribution in [0.25, 0.3) is 0 Å². The van der Waals surface area contributed by atoms with Gasteiger partial charge in [-0.25, -0.2) is 0 Å². The zero-order chi connectivity index (χ0) is 14.4. The lowest BCUT2D eigenvalue weighted by Gasteiger charge is -2.51. The Balaban J connectivity index is 1.87. The molecule has 114 valence electrons. The van der Waals surface area contributed by atoms with E-state index in [0.717, 1.165) is 17.6 Å². The first-order valence-corrected chi connectivity index (χ1v) is 8.59. The molecule has 4 rings (SSSR count). The van der Waals surface area contributed by atoms with Gasteiger partial charge < -0.3 is 9.64 Å². The lowest BCUT2D eigenvalue weighted by atomic mass is 9.53. The molecule has 3 aliphatic rings. The van der Waals surface area contributed by atoms with E-state index in [1.54, 1.807) is 18.2 Å². The predicted octanol–water partition coefficient (Wildman–Crippen LogP) is 3.63. The van der Waals surface area contributed by atoms with Gasteiger partial charge in [-0.2, -0.15) is 0 Å². The summed E-state index contributed by atoms with van der Waals surface area (Å²) in [6, 6.07) is 6.88. The Morgan fingerprint density at radius 1 is 1.24 bits per heavy atom. The minimum Gasteiger partial charge on any atom is -0.497 e. The molecule has 1 aromatic carbocycles. The monoisotopic (exact) mass is 285 g/mol. The molecule has 1 saturated carbocycles. The van der Waals surface area contributed by atoms with Crippen LogP contribution in [0.5, 0.6) is 5.75 Å². The second kappa shape index (κ2) is 5.01. The van der Waals surface area contributed by atoms with Crippen LogP contribution in [0.4, 0.5) is 0 Å². The number of benzene rings is 1. The van der Waals surface area contributed by atoms with Crippen LogP contribution in [0, 0.1) is 11.8 Å². The van der Waals surface area contributed by atoms with Crippen LogP contribution in [0.1, 0.15) is 43.2 Å². The fourth-order valence-electron chi connectivity index (χ4n) is 5.56. The Bertz CT molecular complexity index is 540. The third-order valence-electron chi connectivity index (χ3n) is 6.49. The van der Waals surface area contributed by atoms with Crippen molar-refractivity contribution < 1.29 is 4.74 Å². The van der Waals surface area contributed by atoms with Gasteiger partial charge in [-0.05, 0) is 74.4 Å². The smallest absolute Gasteiger partial charge is 0.119 e. The van der Waals surface area contributed by atoms with E-state index in [4.69, 9.17) is 4.74 Å². The highest BCUT2D eigenvalue weighted by atomic mass is 16.5. The normalized spacial score (nSPS) is 35.5. The van der Waals surface area contributed by atoms with Crippen molar-refractivity contribution in [2.24, 2.45) is 11.8 Å². The fourth-order valence-corrected chi connectivity index (χ4v) is 5.56. The van der Waals surface area contributed by atoms with Gasteiger partial charge in [0.1, 0.15) is 5.75 Å². The van der Waals surface area contributed by atoms with Crippen molar-refractivity contribution >= 4 is 0 Å². The molecule has 2 fully saturated rings. The topological polar surface area (TPSA) is 12.5 Å². The molecule has 0 spiro atoms. The molecule has 2 nitrogen and oxygen atoms in total. The summed E-state index contributed by atoms with van der Waals surface area (Å²) in [5.41, 5.74) is 3.68. The summed E-state index contributed by atoms with van der Waals surface area (Å²) >= 11 is 0. The number of hydrogen-bond acceptors (Lipinski definition) is 2. The maximum atomic E-state index is 5.54. The van der Waals surface area contributed by atoms with E-state index >= 15 is 0 Å². The highest BCUT2D eigenvalue weighted by molar-refractivity contribution is 5.44.